The Bertz CT molecular complexity index is 451. The average molecular weight is 237 g/mol. The van der Waals surface area contributed by atoms with Crippen molar-refractivity contribution in [2.75, 3.05) is 20.1 Å². The lowest BCUT2D eigenvalue weighted by molar-refractivity contribution is -0.00603. The molecule has 0 radical (unpaired) electrons. The van der Waals surface area contributed by atoms with Crippen molar-refractivity contribution in [3.05, 3.63) is 29.6 Å². The van der Waals surface area contributed by atoms with Crippen molar-refractivity contribution in [1.29, 1.82) is 0 Å². The number of halogens is 1. The summed E-state index contributed by atoms with van der Waals surface area (Å²) in [5, 5.41) is 10.1. The molecule has 4 heteroatoms. The molecule has 0 saturated carbocycles. The molecule has 17 heavy (non-hydrogen) atoms. The van der Waals surface area contributed by atoms with E-state index in [1.54, 1.807) is 6.07 Å². The summed E-state index contributed by atoms with van der Waals surface area (Å²) in [6.07, 6.45) is 0.839. The Morgan fingerprint density at radius 2 is 2.35 bits per heavy atom. The minimum Gasteiger partial charge on any atom is -0.485 e. The zero-order chi connectivity index (χ0) is 12.0. The summed E-state index contributed by atoms with van der Waals surface area (Å²) >= 11 is 0. The van der Waals surface area contributed by atoms with Crippen LogP contribution in [0.2, 0.25) is 0 Å². The lowest BCUT2D eigenvalue weighted by Gasteiger charge is -2.38. The summed E-state index contributed by atoms with van der Waals surface area (Å²) < 4.78 is 19.1. The highest BCUT2D eigenvalue weighted by atomic mass is 19.1. The van der Waals surface area contributed by atoms with Crippen molar-refractivity contribution in [2.45, 2.75) is 24.5 Å². The molecule has 92 valence electrons. The first-order valence-corrected chi connectivity index (χ1v) is 5.93. The van der Waals surface area contributed by atoms with Crippen LogP contribution in [0.1, 0.15) is 24.5 Å². The Kier molecular flexibility index (Phi) is 2.38. The number of rotatable bonds is 0. The molecule has 2 heterocycles. The molecule has 3 rings (SSSR count). The summed E-state index contributed by atoms with van der Waals surface area (Å²) in [5.41, 5.74) is 0.282. The summed E-state index contributed by atoms with van der Waals surface area (Å²) in [6.45, 7) is 1.80. The van der Waals surface area contributed by atoms with Gasteiger partial charge in [-0.15, -0.1) is 0 Å². The highest BCUT2D eigenvalue weighted by Crippen LogP contribution is 2.43. The van der Waals surface area contributed by atoms with E-state index < -0.39 is 6.10 Å². The molecule has 1 unspecified atom stereocenters. The second-order valence-electron chi connectivity index (χ2n) is 5.17. The van der Waals surface area contributed by atoms with Crippen LogP contribution in [0.15, 0.2) is 18.2 Å². The van der Waals surface area contributed by atoms with E-state index in [-0.39, 0.29) is 11.4 Å². The highest BCUT2D eigenvalue weighted by Gasteiger charge is 2.44. The topological polar surface area (TPSA) is 32.7 Å². The molecule has 0 bridgehead atoms. The van der Waals surface area contributed by atoms with E-state index in [0.29, 0.717) is 17.7 Å². The standard InChI is InChI=1S/C13H16FNO2/c1-15-5-4-13(8-15)7-11(16)10-6-9(14)2-3-12(10)17-13/h2-3,6,11,16H,4-5,7-8H2,1H3/t11-,13?/m0/s1. The van der Waals surface area contributed by atoms with Crippen LogP contribution < -0.4 is 4.74 Å². The van der Waals surface area contributed by atoms with Crippen molar-refractivity contribution >= 4 is 0 Å². The molecule has 2 atom stereocenters. The van der Waals surface area contributed by atoms with Crippen molar-refractivity contribution in [2.24, 2.45) is 0 Å². The van der Waals surface area contributed by atoms with Crippen LogP contribution in [0.3, 0.4) is 0 Å². The van der Waals surface area contributed by atoms with Crippen molar-refractivity contribution < 1.29 is 14.2 Å². The second kappa shape index (κ2) is 3.68. The van der Waals surface area contributed by atoms with E-state index in [0.717, 1.165) is 19.5 Å². The van der Waals surface area contributed by atoms with Crippen molar-refractivity contribution in [1.82, 2.24) is 4.90 Å². The molecule has 0 aromatic heterocycles. The van der Waals surface area contributed by atoms with Crippen LogP contribution >= 0.6 is 0 Å². The van der Waals surface area contributed by atoms with E-state index in [9.17, 15) is 9.50 Å². The van der Waals surface area contributed by atoms with E-state index in [4.69, 9.17) is 4.74 Å². The SMILES string of the molecule is CN1CCC2(C[C@H](O)c3cc(F)ccc3O2)C1. The van der Waals surface area contributed by atoms with Crippen LogP contribution in [0.4, 0.5) is 4.39 Å². The predicted molar refractivity (Wildman–Crippen MR) is 61.4 cm³/mol. The van der Waals surface area contributed by atoms with Crippen LogP contribution in [0.5, 0.6) is 5.75 Å². The molecular formula is C13H16FNO2. The van der Waals surface area contributed by atoms with Gasteiger partial charge in [-0.3, -0.25) is 0 Å². The smallest absolute Gasteiger partial charge is 0.126 e. The average Bonchev–Trinajstić information content (AvgIpc) is 2.61. The zero-order valence-corrected chi connectivity index (χ0v) is 9.82. The van der Waals surface area contributed by atoms with E-state index in [1.807, 2.05) is 7.05 Å². The predicted octanol–water partition coefficient (Wildman–Crippen LogP) is 1.72. The van der Waals surface area contributed by atoms with Crippen molar-refractivity contribution in [3.63, 3.8) is 0 Å². The van der Waals surface area contributed by atoms with Crippen molar-refractivity contribution in [3.8, 4) is 5.75 Å². The number of likely N-dealkylation sites (tertiary alicyclic amines) is 1. The minimum atomic E-state index is -0.624. The molecule has 1 aromatic rings. The summed E-state index contributed by atoms with van der Waals surface area (Å²) in [5.74, 6) is 0.298. The minimum absolute atomic E-state index is 0.293. The fourth-order valence-electron chi connectivity index (χ4n) is 2.90. The van der Waals surface area contributed by atoms with E-state index in [1.165, 1.54) is 12.1 Å². The quantitative estimate of drug-likeness (QED) is 0.745. The summed E-state index contributed by atoms with van der Waals surface area (Å²) in [6, 6.07) is 4.36. The molecule has 1 saturated heterocycles. The maximum absolute atomic E-state index is 13.1. The number of ether oxygens (including phenoxy) is 1. The maximum atomic E-state index is 13.1. The molecule has 0 aliphatic carbocycles. The molecule has 3 nitrogen and oxygen atoms in total. The second-order valence-corrected chi connectivity index (χ2v) is 5.17. The number of aliphatic hydroxyl groups is 1. The molecule has 1 spiro atoms. The van der Waals surface area contributed by atoms with Crippen LogP contribution in [0, 0.1) is 5.82 Å². The molecule has 2 aliphatic heterocycles. The van der Waals surface area contributed by atoms with E-state index in [2.05, 4.69) is 4.90 Å². The lowest BCUT2D eigenvalue weighted by atomic mass is 9.88. The van der Waals surface area contributed by atoms with Gasteiger partial charge in [0.1, 0.15) is 17.2 Å². The molecule has 1 fully saturated rings. The summed E-state index contributed by atoms with van der Waals surface area (Å²) in [7, 11) is 2.05. The fraction of sp³-hybridized carbons (Fsp3) is 0.538. The Balaban J connectivity index is 1.96. The van der Waals surface area contributed by atoms with Gasteiger partial charge >= 0.3 is 0 Å². The summed E-state index contributed by atoms with van der Waals surface area (Å²) in [4.78, 5) is 2.20. The van der Waals surface area contributed by atoms with Gasteiger partial charge in [-0.05, 0) is 25.2 Å². The number of aliphatic hydroxyl groups excluding tert-OH is 1. The first-order valence-electron chi connectivity index (χ1n) is 5.93. The Morgan fingerprint density at radius 3 is 3.06 bits per heavy atom. The molecule has 0 amide bonds. The van der Waals surface area contributed by atoms with Crippen LogP contribution in [-0.4, -0.2) is 35.7 Å². The number of hydrogen-bond acceptors (Lipinski definition) is 3. The largest absolute Gasteiger partial charge is 0.485 e. The number of fused-ring (bicyclic) bond motifs is 1. The third kappa shape index (κ3) is 1.81. The van der Waals surface area contributed by atoms with Gasteiger partial charge in [0.05, 0.1) is 6.10 Å². The van der Waals surface area contributed by atoms with Gasteiger partial charge in [0.15, 0.2) is 0 Å². The zero-order valence-electron chi connectivity index (χ0n) is 9.82. The first kappa shape index (κ1) is 11.0. The Morgan fingerprint density at radius 1 is 1.53 bits per heavy atom. The molecule has 2 aliphatic rings. The first-order chi connectivity index (χ1) is 8.08. The number of likely N-dealkylation sites (N-methyl/N-ethyl adjacent to an activating group) is 1. The third-order valence-corrected chi connectivity index (χ3v) is 3.73. The Labute approximate surface area is 99.8 Å². The normalized spacial score (nSPS) is 32.5. The van der Waals surface area contributed by atoms with Gasteiger partial charge in [0.25, 0.3) is 0 Å². The van der Waals surface area contributed by atoms with Gasteiger partial charge in [0, 0.05) is 31.5 Å². The monoisotopic (exact) mass is 237 g/mol. The highest BCUT2D eigenvalue weighted by molar-refractivity contribution is 5.38. The van der Waals surface area contributed by atoms with E-state index >= 15 is 0 Å². The number of benzene rings is 1. The lowest BCUT2D eigenvalue weighted by Crippen LogP contribution is -2.43. The molecular weight excluding hydrogens is 221 g/mol. The van der Waals surface area contributed by atoms with Gasteiger partial charge in [-0.25, -0.2) is 4.39 Å². The molecule has 1 N–H and O–H groups in total. The van der Waals surface area contributed by atoms with Crippen LogP contribution in [0.25, 0.3) is 0 Å². The third-order valence-electron chi connectivity index (χ3n) is 3.73. The van der Waals surface area contributed by atoms with Gasteiger partial charge in [0.2, 0.25) is 0 Å². The number of nitrogens with zero attached hydrogens (tertiary/aromatic N) is 1. The number of hydrogen-bond donors (Lipinski definition) is 1. The maximum Gasteiger partial charge on any atom is 0.126 e. The Hall–Kier alpha value is -1.13. The molecule has 1 aromatic carbocycles. The van der Waals surface area contributed by atoms with Crippen LogP contribution in [-0.2, 0) is 0 Å². The van der Waals surface area contributed by atoms with Gasteiger partial charge in [-0.2, -0.15) is 0 Å². The fourth-order valence-corrected chi connectivity index (χ4v) is 2.90. The van der Waals surface area contributed by atoms with Gasteiger partial charge < -0.3 is 14.7 Å². The van der Waals surface area contributed by atoms with Gasteiger partial charge in [-0.1, -0.05) is 0 Å².